The van der Waals surface area contributed by atoms with E-state index in [2.05, 4.69) is 10.3 Å². The summed E-state index contributed by atoms with van der Waals surface area (Å²) < 4.78 is 26.6. The molecule has 0 aliphatic heterocycles. The van der Waals surface area contributed by atoms with Gasteiger partial charge in [0, 0.05) is 19.0 Å². The molecule has 2 aromatic rings. The number of sulfonamides is 1. The second-order valence-electron chi connectivity index (χ2n) is 4.38. The van der Waals surface area contributed by atoms with Crippen molar-refractivity contribution in [2.75, 3.05) is 14.1 Å². The monoisotopic (exact) mass is 311 g/mol. The largest absolute Gasteiger partial charge is 0.316 e. The molecule has 0 radical (unpaired) electrons. The summed E-state index contributed by atoms with van der Waals surface area (Å²) >= 11 is 1.46. The molecule has 0 spiro atoms. The van der Waals surface area contributed by atoms with Gasteiger partial charge in [0.25, 0.3) is 0 Å². The Morgan fingerprint density at radius 2 is 2.10 bits per heavy atom. The molecule has 108 valence electrons. The molecule has 0 unspecified atom stereocenters. The smallest absolute Gasteiger partial charge is 0.243 e. The van der Waals surface area contributed by atoms with Crippen LogP contribution in [0.3, 0.4) is 0 Å². The zero-order valence-electron chi connectivity index (χ0n) is 11.4. The molecule has 2 rings (SSSR count). The maximum atomic E-state index is 12.6. The van der Waals surface area contributed by atoms with Gasteiger partial charge in [-0.25, -0.2) is 13.4 Å². The summed E-state index contributed by atoms with van der Waals surface area (Å²) in [6.45, 7) is 0.791. The summed E-state index contributed by atoms with van der Waals surface area (Å²) in [6, 6.07) is 7.04. The number of aromatic nitrogens is 1. The highest BCUT2D eigenvalue weighted by molar-refractivity contribution is 7.89. The third-order valence-corrected chi connectivity index (χ3v) is 5.44. The minimum absolute atomic E-state index is 0.278. The van der Waals surface area contributed by atoms with Crippen LogP contribution in [0.4, 0.5) is 0 Å². The Balaban J connectivity index is 2.30. The first-order valence-corrected chi connectivity index (χ1v) is 8.50. The third kappa shape index (κ3) is 3.24. The molecule has 5 nitrogen and oxygen atoms in total. The molecule has 0 atom stereocenters. The topological polar surface area (TPSA) is 62.3 Å². The van der Waals surface area contributed by atoms with E-state index in [0.29, 0.717) is 11.4 Å². The lowest BCUT2D eigenvalue weighted by molar-refractivity contribution is 0.462. The van der Waals surface area contributed by atoms with Crippen LogP contribution in [-0.2, 0) is 23.1 Å². The molecule has 20 heavy (non-hydrogen) atoms. The minimum atomic E-state index is -3.51. The molecule has 0 saturated heterocycles. The second-order valence-corrected chi connectivity index (χ2v) is 7.11. The van der Waals surface area contributed by atoms with E-state index < -0.39 is 10.0 Å². The van der Waals surface area contributed by atoms with Gasteiger partial charge in [0.1, 0.15) is 0 Å². The number of thiazole rings is 1. The number of nitrogens with zero attached hydrogens (tertiary/aromatic N) is 2. The molecule has 0 bridgehead atoms. The fraction of sp³-hybridized carbons (Fsp3) is 0.308. The van der Waals surface area contributed by atoms with Crippen LogP contribution < -0.4 is 5.32 Å². The predicted molar refractivity (Wildman–Crippen MR) is 80.0 cm³/mol. The summed E-state index contributed by atoms with van der Waals surface area (Å²) in [5, 5.41) is 4.84. The van der Waals surface area contributed by atoms with Gasteiger partial charge in [-0.1, -0.05) is 18.2 Å². The van der Waals surface area contributed by atoms with Crippen molar-refractivity contribution in [3.05, 3.63) is 46.4 Å². The van der Waals surface area contributed by atoms with E-state index in [1.165, 1.54) is 15.6 Å². The number of hydrogen-bond donors (Lipinski definition) is 1. The van der Waals surface area contributed by atoms with Gasteiger partial charge >= 0.3 is 0 Å². The quantitative estimate of drug-likeness (QED) is 0.882. The lowest BCUT2D eigenvalue weighted by Gasteiger charge is -2.18. The second kappa shape index (κ2) is 6.45. The Hall–Kier alpha value is -1.28. The van der Waals surface area contributed by atoms with E-state index in [4.69, 9.17) is 0 Å². The van der Waals surface area contributed by atoms with Gasteiger partial charge in [-0.3, -0.25) is 0 Å². The third-order valence-electron chi connectivity index (χ3n) is 2.90. The highest BCUT2D eigenvalue weighted by Gasteiger charge is 2.23. The average Bonchev–Trinajstić information content (AvgIpc) is 2.92. The van der Waals surface area contributed by atoms with Gasteiger partial charge in [0.2, 0.25) is 10.0 Å². The molecular formula is C13H17N3O2S2. The molecule has 1 N–H and O–H groups in total. The predicted octanol–water partition coefficient (Wildman–Crippen LogP) is 1.68. The fourth-order valence-electron chi connectivity index (χ4n) is 1.89. The van der Waals surface area contributed by atoms with Crippen LogP contribution in [0.15, 0.2) is 40.1 Å². The molecule has 0 amide bonds. The van der Waals surface area contributed by atoms with Gasteiger partial charge in [0.05, 0.1) is 22.6 Å². The molecule has 0 saturated carbocycles. The maximum absolute atomic E-state index is 12.6. The molecule has 1 aromatic carbocycles. The Bertz CT molecular complexity index is 654. The molecular weight excluding hydrogens is 294 g/mol. The van der Waals surface area contributed by atoms with E-state index >= 15 is 0 Å². The lowest BCUT2D eigenvalue weighted by atomic mass is 10.2. The van der Waals surface area contributed by atoms with Crippen molar-refractivity contribution < 1.29 is 8.42 Å². The SMILES string of the molecule is CNCc1ccccc1S(=O)(=O)N(C)Cc1cscn1. The van der Waals surface area contributed by atoms with E-state index in [1.54, 1.807) is 31.7 Å². The Kier molecular flexibility index (Phi) is 4.87. The highest BCUT2D eigenvalue weighted by atomic mass is 32.2. The number of hydrogen-bond acceptors (Lipinski definition) is 5. The van der Waals surface area contributed by atoms with Crippen LogP contribution in [0.25, 0.3) is 0 Å². The molecule has 0 aliphatic carbocycles. The van der Waals surface area contributed by atoms with E-state index in [-0.39, 0.29) is 6.54 Å². The number of nitrogens with one attached hydrogen (secondary N) is 1. The first-order valence-electron chi connectivity index (χ1n) is 6.11. The molecule has 7 heteroatoms. The summed E-state index contributed by atoms with van der Waals surface area (Å²) in [4.78, 5) is 4.46. The van der Waals surface area contributed by atoms with Crippen molar-refractivity contribution in [3.63, 3.8) is 0 Å². The van der Waals surface area contributed by atoms with Crippen LogP contribution in [0.5, 0.6) is 0 Å². The molecule has 1 aromatic heterocycles. The van der Waals surface area contributed by atoms with Crippen molar-refractivity contribution in [3.8, 4) is 0 Å². The van der Waals surface area contributed by atoms with E-state index in [9.17, 15) is 8.42 Å². The van der Waals surface area contributed by atoms with E-state index in [0.717, 1.165) is 11.3 Å². The fourth-order valence-corrected chi connectivity index (χ4v) is 3.80. The number of benzene rings is 1. The van der Waals surface area contributed by atoms with Gasteiger partial charge in [-0.05, 0) is 18.7 Å². The summed E-state index contributed by atoms with van der Waals surface area (Å²) in [6.07, 6.45) is 0. The first kappa shape index (κ1) is 15.1. The van der Waals surface area contributed by atoms with Crippen molar-refractivity contribution in [1.29, 1.82) is 0 Å². The minimum Gasteiger partial charge on any atom is -0.316 e. The average molecular weight is 311 g/mol. The molecule has 0 aliphatic rings. The van der Waals surface area contributed by atoms with Crippen LogP contribution in [0.1, 0.15) is 11.3 Å². The highest BCUT2D eigenvalue weighted by Crippen LogP contribution is 2.20. The van der Waals surface area contributed by atoms with Crippen LogP contribution in [0.2, 0.25) is 0 Å². The van der Waals surface area contributed by atoms with Crippen molar-refractivity contribution >= 4 is 21.4 Å². The van der Waals surface area contributed by atoms with Crippen LogP contribution >= 0.6 is 11.3 Å². The Labute approximate surface area is 123 Å². The zero-order valence-corrected chi connectivity index (χ0v) is 13.0. The summed E-state index contributed by atoms with van der Waals surface area (Å²) in [5.74, 6) is 0. The summed E-state index contributed by atoms with van der Waals surface area (Å²) in [7, 11) is -0.142. The van der Waals surface area contributed by atoms with Crippen LogP contribution in [0, 0.1) is 0 Å². The van der Waals surface area contributed by atoms with Gasteiger partial charge in [-0.2, -0.15) is 4.31 Å². The van der Waals surface area contributed by atoms with E-state index in [1.807, 2.05) is 17.5 Å². The van der Waals surface area contributed by atoms with Crippen molar-refractivity contribution in [2.45, 2.75) is 18.0 Å². The standard InChI is InChI=1S/C13H17N3O2S2/c1-14-7-11-5-3-4-6-13(11)20(17,18)16(2)8-12-9-19-10-15-12/h3-6,9-10,14H,7-8H2,1-2H3. The molecule has 1 heterocycles. The number of rotatable bonds is 6. The normalized spacial score (nSPS) is 11.9. The Morgan fingerprint density at radius 3 is 2.75 bits per heavy atom. The van der Waals surface area contributed by atoms with Gasteiger partial charge < -0.3 is 5.32 Å². The Morgan fingerprint density at radius 1 is 1.35 bits per heavy atom. The maximum Gasteiger partial charge on any atom is 0.243 e. The van der Waals surface area contributed by atoms with Crippen molar-refractivity contribution in [1.82, 2.24) is 14.6 Å². The first-order chi connectivity index (χ1) is 9.55. The van der Waals surface area contributed by atoms with Gasteiger partial charge in [0.15, 0.2) is 0 Å². The lowest BCUT2D eigenvalue weighted by Crippen LogP contribution is -2.28. The van der Waals surface area contributed by atoms with Crippen LogP contribution in [-0.4, -0.2) is 31.8 Å². The zero-order chi connectivity index (χ0) is 14.6. The molecule has 0 fully saturated rings. The van der Waals surface area contributed by atoms with Crippen molar-refractivity contribution in [2.24, 2.45) is 0 Å². The summed E-state index contributed by atoms with van der Waals surface area (Å²) in [5.41, 5.74) is 3.22. The van der Waals surface area contributed by atoms with Gasteiger partial charge in [-0.15, -0.1) is 11.3 Å².